The van der Waals surface area contributed by atoms with Crippen molar-refractivity contribution >= 4 is 6.29 Å². The van der Waals surface area contributed by atoms with Crippen LogP contribution in [0.25, 0.3) is 0 Å². The average Bonchev–Trinajstić information content (AvgIpc) is 2.89. The summed E-state index contributed by atoms with van der Waals surface area (Å²) in [7, 11) is 1.00. The Morgan fingerprint density at radius 2 is 2.22 bits per heavy atom. The maximum atomic E-state index is 10.4. The highest BCUT2D eigenvalue weighted by molar-refractivity contribution is 5.71. The van der Waals surface area contributed by atoms with E-state index < -0.39 is 6.10 Å². The summed E-state index contributed by atoms with van der Waals surface area (Å²) in [6.45, 7) is 3.85. The van der Waals surface area contributed by atoms with Crippen molar-refractivity contribution in [2.24, 2.45) is 0 Å². The molecule has 0 saturated carbocycles. The number of aliphatic hydroxyl groups excluding tert-OH is 2. The van der Waals surface area contributed by atoms with Gasteiger partial charge in [0, 0.05) is 13.2 Å². The molecule has 0 aliphatic rings. The summed E-state index contributed by atoms with van der Waals surface area (Å²) in [5.74, 6) is 0.278. The smallest absolute Gasteiger partial charge is 0.171 e. The van der Waals surface area contributed by atoms with Crippen molar-refractivity contribution in [2.45, 2.75) is 26.4 Å². The number of allylic oxidation sites excluding steroid dienone is 2. The van der Waals surface area contributed by atoms with Gasteiger partial charge in [0.1, 0.15) is 11.8 Å². The highest BCUT2D eigenvalue weighted by Crippen LogP contribution is 2.23. The molecular formula is C13H19NO4. The third-order valence-electron chi connectivity index (χ3n) is 2.05. The highest BCUT2D eigenvalue weighted by Gasteiger charge is 2.16. The molecule has 0 aliphatic heterocycles. The molecule has 0 bridgehead atoms. The summed E-state index contributed by atoms with van der Waals surface area (Å²) in [5.41, 5.74) is 0.920. The van der Waals surface area contributed by atoms with E-state index in [1.807, 2.05) is 26.0 Å². The van der Waals surface area contributed by atoms with E-state index in [0.29, 0.717) is 6.29 Å². The monoisotopic (exact) mass is 253 g/mol. The number of rotatable bonds is 5. The fourth-order valence-electron chi connectivity index (χ4n) is 1.35. The summed E-state index contributed by atoms with van der Waals surface area (Å²) < 4.78 is 4.88. The van der Waals surface area contributed by atoms with E-state index in [-0.39, 0.29) is 11.5 Å². The van der Waals surface area contributed by atoms with E-state index in [0.717, 1.165) is 19.1 Å². The third-order valence-corrected chi connectivity index (χ3v) is 2.05. The van der Waals surface area contributed by atoms with Crippen molar-refractivity contribution in [2.75, 3.05) is 7.11 Å². The van der Waals surface area contributed by atoms with Gasteiger partial charge < -0.3 is 14.7 Å². The molecule has 100 valence electrons. The van der Waals surface area contributed by atoms with Gasteiger partial charge in [0.05, 0.1) is 0 Å². The van der Waals surface area contributed by atoms with Gasteiger partial charge in [-0.2, -0.15) is 0 Å². The largest absolute Gasteiger partial charge is 0.400 e. The Hall–Kier alpha value is -1.72. The van der Waals surface area contributed by atoms with E-state index in [1.165, 1.54) is 6.07 Å². The summed E-state index contributed by atoms with van der Waals surface area (Å²) >= 11 is 0. The lowest BCUT2D eigenvalue weighted by Gasteiger charge is -2.07. The molecule has 1 rings (SSSR count). The second-order valence-electron chi connectivity index (χ2n) is 3.29. The Morgan fingerprint density at radius 1 is 1.56 bits per heavy atom. The zero-order chi connectivity index (χ0) is 14.0. The Balaban J connectivity index is 0.00000137. The molecule has 1 aromatic rings. The van der Waals surface area contributed by atoms with Crippen LogP contribution in [0.1, 0.15) is 42.6 Å². The Labute approximate surface area is 106 Å². The van der Waals surface area contributed by atoms with Crippen LogP contribution in [0, 0.1) is 0 Å². The van der Waals surface area contributed by atoms with Crippen LogP contribution in [0.2, 0.25) is 0 Å². The van der Waals surface area contributed by atoms with Gasteiger partial charge in [-0.1, -0.05) is 30.3 Å². The van der Waals surface area contributed by atoms with E-state index in [9.17, 15) is 9.90 Å². The van der Waals surface area contributed by atoms with E-state index in [1.54, 1.807) is 6.08 Å². The van der Waals surface area contributed by atoms with Gasteiger partial charge in [-0.15, -0.1) is 0 Å². The lowest BCUT2D eigenvalue weighted by molar-refractivity contribution is 0.111. The number of hydrogen-bond acceptors (Lipinski definition) is 5. The number of nitrogens with zero attached hydrogens (tertiary/aromatic N) is 1. The topological polar surface area (TPSA) is 83.6 Å². The minimum absolute atomic E-state index is 0.186. The van der Waals surface area contributed by atoms with Gasteiger partial charge in [-0.3, -0.25) is 4.79 Å². The summed E-state index contributed by atoms with van der Waals surface area (Å²) in [5, 5.41) is 20.5. The molecule has 1 atom stereocenters. The Morgan fingerprint density at radius 3 is 2.67 bits per heavy atom. The second-order valence-corrected chi connectivity index (χ2v) is 3.29. The lowest BCUT2D eigenvalue weighted by Crippen LogP contribution is -1.98. The maximum absolute atomic E-state index is 10.4. The van der Waals surface area contributed by atoms with Crippen LogP contribution in [0.15, 0.2) is 34.4 Å². The molecule has 0 radical (unpaired) electrons. The minimum Gasteiger partial charge on any atom is -0.400 e. The van der Waals surface area contributed by atoms with Gasteiger partial charge in [0.25, 0.3) is 0 Å². The zero-order valence-corrected chi connectivity index (χ0v) is 10.8. The number of carbonyl (C=O) groups excluding carboxylic acids is 1. The first-order chi connectivity index (χ1) is 8.72. The van der Waals surface area contributed by atoms with Crippen molar-refractivity contribution in [3.05, 3.63) is 41.3 Å². The third kappa shape index (κ3) is 4.65. The predicted molar refractivity (Wildman–Crippen MR) is 68.2 cm³/mol. The maximum Gasteiger partial charge on any atom is 0.171 e. The first-order valence-corrected chi connectivity index (χ1v) is 5.60. The number of aldehydes is 1. The van der Waals surface area contributed by atoms with E-state index >= 15 is 0 Å². The number of hydrogen-bond donors (Lipinski definition) is 2. The molecule has 1 aromatic heterocycles. The molecule has 0 aliphatic carbocycles. The molecule has 5 nitrogen and oxygen atoms in total. The fourth-order valence-corrected chi connectivity index (χ4v) is 1.35. The van der Waals surface area contributed by atoms with Crippen LogP contribution < -0.4 is 0 Å². The zero-order valence-electron chi connectivity index (χ0n) is 10.8. The van der Waals surface area contributed by atoms with Gasteiger partial charge in [-0.05, 0) is 18.9 Å². The first-order valence-electron chi connectivity index (χ1n) is 5.60. The molecule has 1 heterocycles. The van der Waals surface area contributed by atoms with Crippen molar-refractivity contribution in [3.63, 3.8) is 0 Å². The molecule has 2 N–H and O–H groups in total. The van der Waals surface area contributed by atoms with Crippen molar-refractivity contribution in [3.8, 4) is 0 Å². The predicted octanol–water partition coefficient (Wildman–Crippen LogP) is 2.04. The van der Waals surface area contributed by atoms with Crippen LogP contribution in [0.5, 0.6) is 0 Å². The fraction of sp³-hybridized carbons (Fsp3) is 0.385. The molecule has 0 saturated heterocycles. The molecule has 1 unspecified atom stereocenters. The molecule has 0 spiro atoms. The van der Waals surface area contributed by atoms with Crippen LogP contribution in [-0.2, 0) is 0 Å². The van der Waals surface area contributed by atoms with Crippen molar-refractivity contribution < 1.29 is 19.5 Å². The Kier molecular flexibility index (Phi) is 8.43. The average molecular weight is 253 g/mol. The second kappa shape index (κ2) is 9.32. The van der Waals surface area contributed by atoms with Crippen molar-refractivity contribution in [1.29, 1.82) is 0 Å². The van der Waals surface area contributed by atoms with Crippen LogP contribution in [0.3, 0.4) is 0 Å². The lowest BCUT2D eigenvalue weighted by atomic mass is 10.1. The van der Waals surface area contributed by atoms with Crippen LogP contribution >= 0.6 is 0 Å². The van der Waals surface area contributed by atoms with Crippen LogP contribution in [0.4, 0.5) is 0 Å². The SMILES string of the molecule is C/C=C\C(=C/CC)C(O)c1cc(C=O)no1.CO. The molecule has 0 aromatic carbocycles. The van der Waals surface area contributed by atoms with Gasteiger partial charge in [0.15, 0.2) is 12.0 Å². The van der Waals surface area contributed by atoms with Crippen molar-refractivity contribution in [1.82, 2.24) is 5.16 Å². The first kappa shape index (κ1) is 16.3. The number of aliphatic hydroxyl groups is 2. The Bertz CT molecular complexity index is 407. The summed E-state index contributed by atoms with van der Waals surface area (Å²) in [6.07, 6.45) is 6.05. The van der Waals surface area contributed by atoms with Crippen LogP contribution in [-0.4, -0.2) is 28.8 Å². The van der Waals surface area contributed by atoms with E-state index in [4.69, 9.17) is 9.63 Å². The molecule has 18 heavy (non-hydrogen) atoms. The quantitative estimate of drug-likeness (QED) is 0.619. The normalized spacial score (nSPS) is 13.1. The molecular weight excluding hydrogens is 234 g/mol. The van der Waals surface area contributed by atoms with Gasteiger partial charge >= 0.3 is 0 Å². The molecule has 0 amide bonds. The standard InChI is InChI=1S/C12H15NO3.CH4O/c1-3-5-9(6-4-2)12(15)11-7-10(8-14)13-16-11;1-2/h3,5-8,12,15H,4H2,1-2H3;2H,1H3/b5-3-,9-6+;. The highest BCUT2D eigenvalue weighted by atomic mass is 16.5. The summed E-state index contributed by atoms with van der Waals surface area (Å²) in [6, 6.07) is 1.44. The summed E-state index contributed by atoms with van der Waals surface area (Å²) in [4.78, 5) is 10.4. The minimum atomic E-state index is -0.877. The van der Waals surface area contributed by atoms with Gasteiger partial charge in [0.2, 0.25) is 0 Å². The molecule has 0 fully saturated rings. The van der Waals surface area contributed by atoms with Gasteiger partial charge in [-0.25, -0.2) is 0 Å². The van der Waals surface area contributed by atoms with E-state index in [2.05, 4.69) is 5.16 Å². The number of aromatic nitrogens is 1. The molecule has 5 heteroatoms. The number of carbonyl (C=O) groups is 1.